The first-order valence-corrected chi connectivity index (χ1v) is 5.76. The van der Waals surface area contributed by atoms with Gasteiger partial charge in [-0.1, -0.05) is 6.07 Å². The van der Waals surface area contributed by atoms with Gasteiger partial charge >= 0.3 is 5.76 Å². The van der Waals surface area contributed by atoms with E-state index in [4.69, 9.17) is 4.42 Å². The Morgan fingerprint density at radius 2 is 2.22 bits per heavy atom. The fourth-order valence-electron chi connectivity index (χ4n) is 2.25. The predicted octanol–water partition coefficient (Wildman–Crippen LogP) is 0.403. The van der Waals surface area contributed by atoms with E-state index in [9.17, 15) is 9.59 Å². The topological polar surface area (TPSA) is 87.1 Å². The first kappa shape index (κ1) is 11.0. The van der Waals surface area contributed by atoms with Crippen molar-refractivity contribution >= 4 is 17.0 Å². The molecule has 3 N–H and O–H groups in total. The second-order valence-corrected chi connectivity index (χ2v) is 4.51. The highest BCUT2D eigenvalue weighted by atomic mass is 16.4. The van der Waals surface area contributed by atoms with Crippen LogP contribution in [0, 0.1) is 0 Å². The van der Waals surface area contributed by atoms with Crippen LogP contribution in [-0.4, -0.2) is 17.9 Å². The Morgan fingerprint density at radius 3 is 2.89 bits per heavy atom. The first-order valence-electron chi connectivity index (χ1n) is 5.76. The number of carbonyl (C=O) groups is 1. The van der Waals surface area contributed by atoms with Crippen LogP contribution in [0.1, 0.15) is 18.4 Å². The van der Waals surface area contributed by atoms with Gasteiger partial charge in [-0.05, 0) is 30.5 Å². The van der Waals surface area contributed by atoms with Gasteiger partial charge in [-0.15, -0.1) is 0 Å². The summed E-state index contributed by atoms with van der Waals surface area (Å²) in [6.07, 6.45) is 1.63. The van der Waals surface area contributed by atoms with Gasteiger partial charge in [0.05, 0.1) is 10.9 Å². The van der Waals surface area contributed by atoms with E-state index in [0.29, 0.717) is 11.1 Å². The third-order valence-electron chi connectivity index (χ3n) is 3.39. The van der Waals surface area contributed by atoms with Gasteiger partial charge in [0.25, 0.3) is 0 Å². The maximum Gasteiger partial charge on any atom is 0.417 e. The summed E-state index contributed by atoms with van der Waals surface area (Å²) in [4.78, 5) is 25.7. The molecule has 0 aliphatic heterocycles. The molecule has 2 aromatic rings. The number of aromatic nitrogens is 1. The SMILES string of the molecule is CNNC(=O)C1(c2ccc3oc(=O)[nH]c3c2)CC1. The minimum Gasteiger partial charge on any atom is -0.408 e. The van der Waals surface area contributed by atoms with Crippen LogP contribution < -0.4 is 16.6 Å². The Kier molecular flexibility index (Phi) is 2.27. The number of amides is 1. The van der Waals surface area contributed by atoms with Crippen molar-refractivity contribution in [2.45, 2.75) is 18.3 Å². The van der Waals surface area contributed by atoms with Crippen molar-refractivity contribution in [3.8, 4) is 0 Å². The average molecular weight is 247 g/mol. The minimum absolute atomic E-state index is 0.0461. The van der Waals surface area contributed by atoms with E-state index < -0.39 is 11.2 Å². The van der Waals surface area contributed by atoms with Gasteiger partial charge < -0.3 is 4.42 Å². The number of hydrazine groups is 1. The largest absolute Gasteiger partial charge is 0.417 e. The highest BCUT2D eigenvalue weighted by Gasteiger charge is 2.51. The molecule has 1 aromatic carbocycles. The van der Waals surface area contributed by atoms with E-state index in [1.165, 1.54) is 0 Å². The third kappa shape index (κ3) is 1.53. The smallest absolute Gasteiger partial charge is 0.408 e. The van der Waals surface area contributed by atoms with E-state index in [-0.39, 0.29) is 5.91 Å². The van der Waals surface area contributed by atoms with Crippen molar-refractivity contribution in [2.75, 3.05) is 7.05 Å². The van der Waals surface area contributed by atoms with E-state index >= 15 is 0 Å². The molecule has 1 aliphatic carbocycles. The van der Waals surface area contributed by atoms with Crippen LogP contribution in [0.15, 0.2) is 27.4 Å². The number of fused-ring (bicyclic) bond motifs is 1. The second-order valence-electron chi connectivity index (χ2n) is 4.51. The van der Waals surface area contributed by atoms with Crippen LogP contribution >= 0.6 is 0 Å². The van der Waals surface area contributed by atoms with Crippen molar-refractivity contribution in [1.82, 2.24) is 15.8 Å². The summed E-state index contributed by atoms with van der Waals surface area (Å²) >= 11 is 0. The molecule has 0 radical (unpaired) electrons. The third-order valence-corrected chi connectivity index (χ3v) is 3.39. The normalized spacial score (nSPS) is 16.7. The molecule has 1 aliphatic rings. The summed E-state index contributed by atoms with van der Waals surface area (Å²) in [7, 11) is 1.66. The number of benzene rings is 1. The molecule has 1 fully saturated rings. The molecule has 94 valence electrons. The van der Waals surface area contributed by atoms with E-state index in [2.05, 4.69) is 15.8 Å². The van der Waals surface area contributed by atoms with Gasteiger partial charge in [0, 0.05) is 7.05 Å². The van der Waals surface area contributed by atoms with Gasteiger partial charge in [0.15, 0.2) is 5.58 Å². The summed E-state index contributed by atoms with van der Waals surface area (Å²) in [5.41, 5.74) is 6.83. The average Bonchev–Trinajstić information content (AvgIpc) is 3.06. The Balaban J connectivity index is 2.04. The van der Waals surface area contributed by atoms with E-state index in [0.717, 1.165) is 18.4 Å². The molecule has 0 unspecified atom stereocenters. The van der Waals surface area contributed by atoms with Crippen LogP contribution in [0.4, 0.5) is 0 Å². The van der Waals surface area contributed by atoms with E-state index in [1.807, 2.05) is 12.1 Å². The van der Waals surface area contributed by atoms with Crippen molar-refractivity contribution < 1.29 is 9.21 Å². The van der Waals surface area contributed by atoms with Crippen molar-refractivity contribution in [2.24, 2.45) is 0 Å². The van der Waals surface area contributed by atoms with Crippen molar-refractivity contribution in [1.29, 1.82) is 0 Å². The van der Waals surface area contributed by atoms with Gasteiger partial charge in [0.2, 0.25) is 5.91 Å². The number of oxazole rings is 1. The lowest BCUT2D eigenvalue weighted by molar-refractivity contribution is -0.124. The standard InChI is InChI=1S/C12H13N3O3/c1-13-15-10(16)12(4-5-12)7-2-3-9-8(6-7)14-11(17)18-9/h2-3,6,13H,4-5H2,1H3,(H,14,17)(H,15,16). The second kappa shape index (κ2) is 3.71. The number of aromatic amines is 1. The quantitative estimate of drug-likeness (QED) is 0.685. The molecular formula is C12H13N3O3. The molecule has 6 nitrogen and oxygen atoms in total. The Hall–Kier alpha value is -2.08. The molecule has 6 heteroatoms. The van der Waals surface area contributed by atoms with Gasteiger partial charge in [-0.3, -0.25) is 15.2 Å². The van der Waals surface area contributed by atoms with Crippen molar-refractivity contribution in [3.05, 3.63) is 34.3 Å². The summed E-state index contributed by atoms with van der Waals surface area (Å²) in [5.74, 6) is -0.526. The minimum atomic E-state index is -0.480. The molecular weight excluding hydrogens is 234 g/mol. The number of rotatable bonds is 3. The molecule has 3 rings (SSSR count). The fraction of sp³-hybridized carbons (Fsp3) is 0.333. The fourth-order valence-corrected chi connectivity index (χ4v) is 2.25. The molecule has 1 saturated carbocycles. The van der Waals surface area contributed by atoms with Gasteiger partial charge in [0.1, 0.15) is 0 Å². The van der Waals surface area contributed by atoms with Gasteiger partial charge in [-0.25, -0.2) is 10.2 Å². The first-order chi connectivity index (χ1) is 8.65. The number of carbonyl (C=O) groups excluding carboxylic acids is 1. The van der Waals surface area contributed by atoms with Gasteiger partial charge in [-0.2, -0.15) is 0 Å². The molecule has 18 heavy (non-hydrogen) atoms. The molecule has 0 bridgehead atoms. The molecule has 0 saturated heterocycles. The zero-order chi connectivity index (χ0) is 12.8. The molecule has 0 atom stereocenters. The maximum absolute atomic E-state index is 12.0. The highest BCUT2D eigenvalue weighted by molar-refractivity contribution is 5.92. The zero-order valence-corrected chi connectivity index (χ0v) is 9.87. The molecule has 1 aromatic heterocycles. The summed E-state index contributed by atoms with van der Waals surface area (Å²) in [6.45, 7) is 0. The van der Waals surface area contributed by atoms with Crippen LogP contribution in [-0.2, 0) is 10.2 Å². The lowest BCUT2D eigenvalue weighted by Crippen LogP contribution is -2.41. The highest BCUT2D eigenvalue weighted by Crippen LogP contribution is 2.48. The number of H-pyrrole nitrogens is 1. The Morgan fingerprint density at radius 1 is 1.44 bits per heavy atom. The lowest BCUT2D eigenvalue weighted by atomic mass is 9.95. The maximum atomic E-state index is 12.0. The summed E-state index contributed by atoms with van der Waals surface area (Å²) < 4.78 is 4.94. The van der Waals surface area contributed by atoms with Crippen LogP contribution in [0.2, 0.25) is 0 Å². The summed E-state index contributed by atoms with van der Waals surface area (Å²) in [6, 6.07) is 5.36. The monoisotopic (exact) mass is 247 g/mol. The number of nitrogens with one attached hydrogen (secondary N) is 3. The predicted molar refractivity (Wildman–Crippen MR) is 64.9 cm³/mol. The lowest BCUT2D eigenvalue weighted by Gasteiger charge is -2.14. The van der Waals surface area contributed by atoms with Crippen LogP contribution in [0.3, 0.4) is 0 Å². The van der Waals surface area contributed by atoms with Crippen LogP contribution in [0.25, 0.3) is 11.1 Å². The summed E-state index contributed by atoms with van der Waals surface area (Å²) in [5, 5.41) is 0. The zero-order valence-electron chi connectivity index (χ0n) is 9.87. The Labute approximate surface area is 102 Å². The number of hydrogen-bond donors (Lipinski definition) is 3. The van der Waals surface area contributed by atoms with Crippen LogP contribution in [0.5, 0.6) is 0 Å². The molecule has 0 spiro atoms. The Bertz CT molecular complexity index is 667. The van der Waals surface area contributed by atoms with E-state index in [1.54, 1.807) is 13.1 Å². The van der Waals surface area contributed by atoms with Crippen molar-refractivity contribution in [3.63, 3.8) is 0 Å². The number of hydrogen-bond acceptors (Lipinski definition) is 4. The molecule has 1 heterocycles. The molecule has 1 amide bonds.